The number of benzene rings is 2. The summed E-state index contributed by atoms with van der Waals surface area (Å²) in [5.41, 5.74) is 5.74. The van der Waals surface area contributed by atoms with E-state index in [0.29, 0.717) is 5.56 Å². The van der Waals surface area contributed by atoms with Crippen molar-refractivity contribution in [3.8, 4) is 0 Å². The Morgan fingerprint density at radius 2 is 2.05 bits per heavy atom. The number of nitrogens with zero attached hydrogens (tertiary/aromatic N) is 1. The Hall–Kier alpha value is -1.99. The van der Waals surface area contributed by atoms with Crippen molar-refractivity contribution < 1.29 is 13.5 Å². The van der Waals surface area contributed by atoms with Crippen LogP contribution in [0.1, 0.15) is 5.56 Å². The molecule has 0 saturated heterocycles. The highest BCUT2D eigenvalue weighted by Crippen LogP contribution is 2.28. The van der Waals surface area contributed by atoms with Crippen LogP contribution in [0.25, 0.3) is 0 Å². The summed E-state index contributed by atoms with van der Waals surface area (Å²) in [4.78, 5) is 10.00. The first-order chi connectivity index (χ1) is 9.90. The zero-order valence-corrected chi connectivity index (χ0v) is 12.2. The van der Waals surface area contributed by atoms with E-state index in [1.54, 1.807) is 18.2 Å². The van der Waals surface area contributed by atoms with Crippen molar-refractivity contribution in [1.82, 2.24) is 0 Å². The predicted octanol–water partition coefficient (Wildman–Crippen LogP) is 3.28. The van der Waals surface area contributed by atoms with Crippen molar-refractivity contribution in [1.29, 1.82) is 0 Å². The van der Waals surface area contributed by atoms with Gasteiger partial charge in [-0.2, -0.15) is 4.39 Å². The molecule has 0 spiro atoms. The van der Waals surface area contributed by atoms with E-state index in [-0.39, 0.29) is 21.4 Å². The average Bonchev–Trinajstić information content (AvgIpc) is 2.37. The Kier molecular flexibility index (Phi) is 4.54. The lowest BCUT2D eigenvalue weighted by molar-refractivity contribution is -0.387. The number of nitro benzene ring substituents is 1. The van der Waals surface area contributed by atoms with E-state index in [4.69, 9.17) is 17.3 Å². The Morgan fingerprint density at radius 3 is 2.62 bits per heavy atom. The first-order valence-corrected chi connectivity index (χ1v) is 7.45. The third kappa shape index (κ3) is 3.37. The predicted molar refractivity (Wildman–Crippen MR) is 79.0 cm³/mol. The smallest absolute Gasteiger partial charge is 0.304 e. The van der Waals surface area contributed by atoms with Crippen LogP contribution in [-0.4, -0.2) is 9.13 Å². The molecule has 8 heteroatoms. The molecule has 0 bridgehead atoms. The van der Waals surface area contributed by atoms with Crippen LogP contribution in [0.4, 0.5) is 15.8 Å². The lowest BCUT2D eigenvalue weighted by Gasteiger charge is -2.08. The van der Waals surface area contributed by atoms with Gasteiger partial charge in [-0.15, -0.1) is 0 Å². The summed E-state index contributed by atoms with van der Waals surface area (Å²) in [5.74, 6) is -1.01. The van der Waals surface area contributed by atoms with E-state index in [1.165, 1.54) is 6.07 Å². The van der Waals surface area contributed by atoms with E-state index in [0.717, 1.165) is 12.1 Å². The molecule has 0 aliphatic carbocycles. The van der Waals surface area contributed by atoms with E-state index < -0.39 is 27.2 Å². The highest BCUT2D eigenvalue weighted by atomic mass is 35.5. The fourth-order valence-electron chi connectivity index (χ4n) is 1.78. The quantitative estimate of drug-likeness (QED) is 0.530. The van der Waals surface area contributed by atoms with Gasteiger partial charge in [0.25, 0.3) is 0 Å². The normalized spacial score (nSPS) is 12.1. The molecule has 1 atom stereocenters. The molecule has 110 valence electrons. The number of hydrogen-bond donors (Lipinski definition) is 1. The van der Waals surface area contributed by atoms with Gasteiger partial charge in [0, 0.05) is 11.8 Å². The Morgan fingerprint density at radius 1 is 1.33 bits per heavy atom. The number of nitrogen functional groups attached to an aromatic ring is 1. The van der Waals surface area contributed by atoms with Gasteiger partial charge in [-0.25, -0.2) is 0 Å². The summed E-state index contributed by atoms with van der Waals surface area (Å²) < 4.78 is 25.8. The van der Waals surface area contributed by atoms with Gasteiger partial charge in [-0.3, -0.25) is 14.3 Å². The molecule has 2 N–H and O–H groups in total. The van der Waals surface area contributed by atoms with Crippen molar-refractivity contribution in [2.75, 3.05) is 5.73 Å². The van der Waals surface area contributed by atoms with Crippen LogP contribution in [-0.2, 0) is 16.6 Å². The summed E-state index contributed by atoms with van der Waals surface area (Å²) in [5, 5.41) is 10.8. The van der Waals surface area contributed by atoms with Crippen molar-refractivity contribution in [3.63, 3.8) is 0 Å². The summed E-state index contributed by atoms with van der Waals surface area (Å²) in [6.07, 6.45) is 0. The van der Waals surface area contributed by atoms with Crippen molar-refractivity contribution in [3.05, 3.63) is 62.9 Å². The van der Waals surface area contributed by atoms with Gasteiger partial charge < -0.3 is 5.73 Å². The molecule has 0 aliphatic rings. The lowest BCUT2D eigenvalue weighted by Crippen LogP contribution is -2.02. The number of halogens is 2. The molecule has 0 fully saturated rings. The van der Waals surface area contributed by atoms with Crippen LogP contribution in [0, 0.1) is 15.9 Å². The van der Waals surface area contributed by atoms with Crippen molar-refractivity contribution in [2.24, 2.45) is 0 Å². The molecular weight excluding hydrogens is 319 g/mol. The first-order valence-electron chi connectivity index (χ1n) is 5.75. The van der Waals surface area contributed by atoms with E-state index in [1.807, 2.05) is 0 Å². The fourth-order valence-corrected chi connectivity index (χ4v) is 3.46. The molecule has 0 radical (unpaired) electrons. The molecular formula is C13H10ClFN2O3S. The van der Waals surface area contributed by atoms with Gasteiger partial charge in [-0.05, 0) is 23.8 Å². The molecule has 21 heavy (non-hydrogen) atoms. The fraction of sp³-hybridized carbons (Fsp3) is 0.0769. The number of anilines is 1. The Labute approximate surface area is 127 Å². The minimum atomic E-state index is -1.58. The monoisotopic (exact) mass is 328 g/mol. The molecule has 0 aliphatic heterocycles. The van der Waals surface area contributed by atoms with Crippen LogP contribution < -0.4 is 5.73 Å². The molecule has 0 amide bonds. The Bertz CT molecular complexity index is 719. The second-order valence-electron chi connectivity index (χ2n) is 4.19. The summed E-state index contributed by atoms with van der Waals surface area (Å²) >= 11 is 5.95. The number of nitro groups is 1. The highest BCUT2D eigenvalue weighted by molar-refractivity contribution is 7.84. The zero-order chi connectivity index (χ0) is 15.6. The van der Waals surface area contributed by atoms with Crippen LogP contribution in [0.5, 0.6) is 0 Å². The standard InChI is InChI=1S/C13H10ClFN2O3S/c14-9-2-1-3-11(16)13(9)21(20)7-8-4-5-12(17(18)19)10(15)6-8/h1-6H,7,16H2. The number of nitrogens with two attached hydrogens (primary N) is 1. The summed E-state index contributed by atoms with van der Waals surface area (Å²) in [6.45, 7) is 0. The van der Waals surface area contributed by atoms with Gasteiger partial charge in [0.05, 0.1) is 31.4 Å². The highest BCUT2D eigenvalue weighted by Gasteiger charge is 2.17. The molecule has 2 rings (SSSR count). The van der Waals surface area contributed by atoms with Gasteiger partial charge >= 0.3 is 5.69 Å². The number of rotatable bonds is 4. The van der Waals surface area contributed by atoms with Crippen molar-refractivity contribution in [2.45, 2.75) is 10.6 Å². The van der Waals surface area contributed by atoms with Crippen LogP contribution in [0.3, 0.4) is 0 Å². The van der Waals surface area contributed by atoms with Crippen LogP contribution in [0.15, 0.2) is 41.3 Å². The van der Waals surface area contributed by atoms with Gasteiger partial charge in [0.2, 0.25) is 5.82 Å². The molecule has 1 unspecified atom stereocenters. The Balaban J connectivity index is 2.28. The minimum absolute atomic E-state index is 0.0388. The first kappa shape index (κ1) is 15.4. The number of hydrogen-bond acceptors (Lipinski definition) is 4. The SMILES string of the molecule is Nc1cccc(Cl)c1S(=O)Cc1ccc([N+](=O)[O-])c(F)c1. The molecule has 0 heterocycles. The minimum Gasteiger partial charge on any atom is -0.398 e. The van der Waals surface area contributed by atoms with E-state index in [9.17, 15) is 18.7 Å². The zero-order valence-electron chi connectivity index (χ0n) is 10.6. The van der Waals surface area contributed by atoms with Crippen LogP contribution in [0.2, 0.25) is 5.02 Å². The maximum absolute atomic E-state index is 13.5. The molecule has 2 aromatic rings. The maximum Gasteiger partial charge on any atom is 0.304 e. The molecule has 5 nitrogen and oxygen atoms in total. The van der Waals surface area contributed by atoms with E-state index in [2.05, 4.69) is 0 Å². The second kappa shape index (κ2) is 6.19. The van der Waals surface area contributed by atoms with Gasteiger partial charge in [0.1, 0.15) is 0 Å². The molecule has 2 aromatic carbocycles. The summed E-state index contributed by atoms with van der Waals surface area (Å²) in [7, 11) is -1.58. The molecule has 0 aromatic heterocycles. The topological polar surface area (TPSA) is 86.2 Å². The molecule has 0 saturated carbocycles. The maximum atomic E-state index is 13.5. The second-order valence-corrected chi connectivity index (χ2v) is 5.99. The largest absolute Gasteiger partial charge is 0.398 e. The average molecular weight is 329 g/mol. The third-order valence-corrected chi connectivity index (χ3v) is 4.67. The van der Waals surface area contributed by atoms with Crippen molar-refractivity contribution >= 4 is 33.8 Å². The third-order valence-electron chi connectivity index (χ3n) is 2.73. The van der Waals surface area contributed by atoms with Crippen LogP contribution >= 0.6 is 11.6 Å². The van der Waals surface area contributed by atoms with E-state index >= 15 is 0 Å². The summed E-state index contributed by atoms with van der Waals surface area (Å²) in [6, 6.07) is 8.13. The van der Waals surface area contributed by atoms with Gasteiger partial charge in [-0.1, -0.05) is 23.7 Å². The lowest BCUT2D eigenvalue weighted by atomic mass is 10.2. The van der Waals surface area contributed by atoms with Gasteiger partial charge in [0.15, 0.2) is 0 Å².